The second-order valence-electron chi connectivity index (χ2n) is 7.10. The number of amides is 2. The van der Waals surface area contributed by atoms with Gasteiger partial charge in [-0.15, -0.1) is 0 Å². The van der Waals surface area contributed by atoms with Crippen molar-refractivity contribution < 1.29 is 9.53 Å². The van der Waals surface area contributed by atoms with E-state index in [0.29, 0.717) is 6.54 Å². The van der Waals surface area contributed by atoms with Crippen molar-refractivity contribution in [3.63, 3.8) is 0 Å². The molecule has 154 valence electrons. The van der Waals surface area contributed by atoms with Crippen molar-refractivity contribution in [1.82, 2.24) is 19.2 Å². The van der Waals surface area contributed by atoms with Crippen molar-refractivity contribution in [2.45, 2.75) is 11.3 Å². The van der Waals surface area contributed by atoms with Crippen molar-refractivity contribution >= 4 is 29.6 Å². The summed E-state index contributed by atoms with van der Waals surface area (Å²) >= 11 is 1.50. The normalized spacial score (nSPS) is 17.4. The summed E-state index contributed by atoms with van der Waals surface area (Å²) in [5, 5.41) is 0. The lowest BCUT2D eigenvalue weighted by Gasteiger charge is -2.36. The minimum atomic E-state index is 0.0266. The van der Waals surface area contributed by atoms with E-state index in [-0.39, 0.29) is 6.03 Å². The molecule has 4 rings (SSSR count). The highest BCUT2D eigenvalue weighted by molar-refractivity contribution is 7.97. The Bertz CT molecular complexity index is 844. The molecule has 3 heterocycles. The zero-order valence-electron chi connectivity index (χ0n) is 16.8. The van der Waals surface area contributed by atoms with Gasteiger partial charge in [-0.05, 0) is 42.6 Å². The molecule has 0 unspecified atom stereocenters. The van der Waals surface area contributed by atoms with E-state index in [9.17, 15) is 4.79 Å². The maximum atomic E-state index is 12.7. The van der Waals surface area contributed by atoms with Gasteiger partial charge in [-0.3, -0.25) is 14.1 Å². The van der Waals surface area contributed by atoms with Crippen LogP contribution in [0.4, 0.5) is 16.4 Å². The molecule has 2 amide bonds. The maximum absolute atomic E-state index is 12.7. The number of aromatic nitrogens is 2. The van der Waals surface area contributed by atoms with E-state index in [1.807, 2.05) is 35.6 Å². The van der Waals surface area contributed by atoms with Crippen LogP contribution in [0.25, 0.3) is 0 Å². The van der Waals surface area contributed by atoms with Gasteiger partial charge in [0.25, 0.3) is 0 Å². The zero-order valence-corrected chi connectivity index (χ0v) is 17.6. The first kappa shape index (κ1) is 19.8. The fraction of sp³-hybridized carbons (Fsp3) is 0.450. The summed E-state index contributed by atoms with van der Waals surface area (Å²) in [6.07, 6.45) is 4.51. The number of piperazine rings is 1. The van der Waals surface area contributed by atoms with Crippen molar-refractivity contribution in [2.24, 2.45) is 0 Å². The number of carbonyl (C=O) groups is 1. The van der Waals surface area contributed by atoms with Crippen molar-refractivity contribution in [3.8, 4) is 5.75 Å². The van der Waals surface area contributed by atoms with Gasteiger partial charge in [-0.1, -0.05) is 0 Å². The van der Waals surface area contributed by atoms with Gasteiger partial charge in [0.05, 0.1) is 17.7 Å². The van der Waals surface area contributed by atoms with Crippen LogP contribution < -0.4 is 14.5 Å². The number of hydrogen-bond acceptors (Lipinski definition) is 7. The van der Waals surface area contributed by atoms with E-state index in [1.54, 1.807) is 24.4 Å². The summed E-state index contributed by atoms with van der Waals surface area (Å²) < 4.78 is 7.17. The molecule has 0 N–H and O–H groups in total. The van der Waals surface area contributed by atoms with Crippen molar-refractivity contribution in [2.75, 3.05) is 63.2 Å². The fourth-order valence-electron chi connectivity index (χ4n) is 3.60. The molecule has 0 atom stereocenters. The number of nitrogens with zero attached hydrogens (tertiary/aromatic N) is 6. The number of carbonyl (C=O) groups excluding carboxylic acids is 1. The summed E-state index contributed by atoms with van der Waals surface area (Å²) in [6, 6.07) is 7.68. The maximum Gasteiger partial charge on any atom is 0.334 e. The first-order chi connectivity index (χ1) is 14.2. The second kappa shape index (κ2) is 8.87. The molecular formula is C20H26N6O2S. The average molecular weight is 415 g/mol. The van der Waals surface area contributed by atoms with Crippen LogP contribution in [0.3, 0.4) is 0 Å². The number of rotatable bonds is 6. The molecule has 29 heavy (non-hydrogen) atoms. The van der Waals surface area contributed by atoms with Crippen LogP contribution >= 0.6 is 11.9 Å². The number of benzene rings is 1. The van der Waals surface area contributed by atoms with Gasteiger partial charge < -0.3 is 9.64 Å². The lowest BCUT2D eigenvalue weighted by molar-refractivity contribution is 0.224. The molecule has 1 aromatic carbocycles. The van der Waals surface area contributed by atoms with Gasteiger partial charge in [0.2, 0.25) is 5.95 Å². The molecule has 1 saturated heterocycles. The monoisotopic (exact) mass is 414 g/mol. The van der Waals surface area contributed by atoms with Crippen LogP contribution in [-0.2, 0) is 0 Å². The number of ether oxygens (including phenoxy) is 1. The molecular weight excluding hydrogens is 388 g/mol. The minimum Gasteiger partial charge on any atom is -0.497 e. The lowest BCUT2D eigenvalue weighted by Crippen LogP contribution is -2.48. The summed E-state index contributed by atoms with van der Waals surface area (Å²) in [5.74, 6) is 1.61. The molecule has 1 fully saturated rings. The second-order valence-corrected chi connectivity index (χ2v) is 8.16. The molecule has 2 aliphatic heterocycles. The van der Waals surface area contributed by atoms with Crippen LogP contribution in [0.2, 0.25) is 0 Å². The highest BCUT2D eigenvalue weighted by atomic mass is 32.2. The van der Waals surface area contributed by atoms with Gasteiger partial charge in [0.15, 0.2) is 0 Å². The molecule has 9 heteroatoms. The average Bonchev–Trinajstić information content (AvgIpc) is 2.77. The van der Waals surface area contributed by atoms with Crippen LogP contribution in [0.15, 0.2) is 41.6 Å². The molecule has 2 aliphatic rings. The van der Waals surface area contributed by atoms with Gasteiger partial charge >= 0.3 is 6.03 Å². The van der Waals surface area contributed by atoms with Gasteiger partial charge in [0.1, 0.15) is 5.75 Å². The molecule has 0 saturated carbocycles. The Morgan fingerprint density at radius 1 is 1.10 bits per heavy atom. The van der Waals surface area contributed by atoms with E-state index < -0.39 is 0 Å². The molecule has 0 aliphatic carbocycles. The highest BCUT2D eigenvalue weighted by Crippen LogP contribution is 2.40. The number of hydrogen-bond donors (Lipinski definition) is 0. The van der Waals surface area contributed by atoms with Crippen LogP contribution in [0.1, 0.15) is 6.42 Å². The van der Waals surface area contributed by atoms with Crippen LogP contribution in [0, 0.1) is 0 Å². The Morgan fingerprint density at radius 3 is 2.59 bits per heavy atom. The smallest absolute Gasteiger partial charge is 0.334 e. The van der Waals surface area contributed by atoms with Gasteiger partial charge in [0, 0.05) is 58.7 Å². The topological polar surface area (TPSA) is 65.0 Å². The van der Waals surface area contributed by atoms with Crippen molar-refractivity contribution in [3.05, 3.63) is 36.7 Å². The Kier molecular flexibility index (Phi) is 6.05. The Balaban J connectivity index is 1.27. The molecule has 0 bridgehead atoms. The number of anilines is 2. The van der Waals surface area contributed by atoms with Crippen LogP contribution in [-0.4, -0.2) is 78.6 Å². The number of methoxy groups -OCH3 is 1. The third-order valence-electron chi connectivity index (χ3n) is 5.28. The standard InChI is InChI=1S/C20H26N6O2S/c1-23-17-6-5-16(28-2)15-18(17)29-26(20(23)27)10-4-9-24-11-13-25(14-12-24)19-21-7-3-8-22-19/h3,5-8,15H,4,9-14H2,1-2H3. The van der Waals surface area contributed by atoms with E-state index in [2.05, 4.69) is 19.8 Å². The van der Waals surface area contributed by atoms with E-state index in [0.717, 1.165) is 61.4 Å². The first-order valence-electron chi connectivity index (χ1n) is 9.81. The summed E-state index contributed by atoms with van der Waals surface area (Å²) in [7, 11) is 3.48. The van der Waals surface area contributed by atoms with E-state index in [1.165, 1.54) is 11.9 Å². The Morgan fingerprint density at radius 2 is 1.86 bits per heavy atom. The van der Waals surface area contributed by atoms with Gasteiger partial charge in [-0.2, -0.15) is 0 Å². The van der Waals surface area contributed by atoms with E-state index >= 15 is 0 Å². The predicted molar refractivity (Wildman–Crippen MR) is 115 cm³/mol. The third kappa shape index (κ3) is 4.40. The fourth-order valence-corrected chi connectivity index (χ4v) is 4.73. The SMILES string of the molecule is COc1ccc2c(c1)SN(CCCN1CCN(c3ncccn3)CC1)C(=O)N2C. The highest BCUT2D eigenvalue weighted by Gasteiger charge is 2.29. The quantitative estimate of drug-likeness (QED) is 0.673. The van der Waals surface area contributed by atoms with Gasteiger partial charge in [-0.25, -0.2) is 14.8 Å². The van der Waals surface area contributed by atoms with Crippen molar-refractivity contribution in [1.29, 1.82) is 0 Å². The van der Waals surface area contributed by atoms with E-state index in [4.69, 9.17) is 4.74 Å². The molecule has 8 nitrogen and oxygen atoms in total. The predicted octanol–water partition coefficient (Wildman–Crippen LogP) is 2.58. The molecule has 1 aromatic heterocycles. The summed E-state index contributed by atoms with van der Waals surface area (Å²) in [5.41, 5.74) is 0.927. The number of urea groups is 1. The largest absolute Gasteiger partial charge is 0.497 e. The summed E-state index contributed by atoms with van der Waals surface area (Å²) in [6.45, 7) is 5.52. The zero-order chi connectivity index (χ0) is 20.2. The molecule has 0 radical (unpaired) electrons. The minimum absolute atomic E-state index is 0.0266. The van der Waals surface area contributed by atoms with Crippen LogP contribution in [0.5, 0.6) is 5.75 Å². The third-order valence-corrected chi connectivity index (χ3v) is 6.36. The Labute approximate surface area is 175 Å². The Hall–Kier alpha value is -2.52. The first-order valence-corrected chi connectivity index (χ1v) is 10.6. The number of fused-ring (bicyclic) bond motifs is 1. The molecule has 0 spiro atoms. The molecule has 2 aromatic rings. The lowest BCUT2D eigenvalue weighted by atomic mass is 10.2. The summed E-state index contributed by atoms with van der Waals surface area (Å²) in [4.78, 5) is 28.8.